The van der Waals surface area contributed by atoms with Crippen LogP contribution >= 0.6 is 15.9 Å². The number of hydrazone groups is 1. The van der Waals surface area contributed by atoms with Crippen molar-refractivity contribution in [2.24, 2.45) is 5.10 Å². The van der Waals surface area contributed by atoms with Gasteiger partial charge < -0.3 is 9.84 Å². The molecule has 3 aromatic carbocycles. The van der Waals surface area contributed by atoms with Gasteiger partial charge in [0.2, 0.25) is 0 Å². The predicted molar refractivity (Wildman–Crippen MR) is 124 cm³/mol. The van der Waals surface area contributed by atoms with Gasteiger partial charge in [-0.15, -0.1) is 0 Å². The second-order valence-electron chi connectivity index (χ2n) is 6.34. The summed E-state index contributed by atoms with van der Waals surface area (Å²) < 4.78 is 34.1. The summed E-state index contributed by atoms with van der Waals surface area (Å²) in [5, 5.41) is 25.0. The molecule has 0 saturated heterocycles. The van der Waals surface area contributed by atoms with Gasteiger partial charge in [-0.1, -0.05) is 15.9 Å². The van der Waals surface area contributed by atoms with Gasteiger partial charge in [0.25, 0.3) is 15.7 Å². The van der Waals surface area contributed by atoms with E-state index in [0.29, 0.717) is 15.8 Å². The lowest BCUT2D eigenvalue weighted by molar-refractivity contribution is -0.385. The maximum Gasteiger partial charge on any atom is 0.270 e. The number of nitro benzene ring substituents is 1. The average Bonchev–Trinajstić information content (AvgIpc) is 2.76. The number of nitrogens with one attached hydrogen (secondary N) is 2. The van der Waals surface area contributed by atoms with Gasteiger partial charge >= 0.3 is 0 Å². The highest BCUT2D eigenvalue weighted by atomic mass is 79.9. The van der Waals surface area contributed by atoms with Crippen molar-refractivity contribution in [1.29, 1.82) is 0 Å². The summed E-state index contributed by atoms with van der Waals surface area (Å²) in [5.41, 5.74) is 2.78. The van der Waals surface area contributed by atoms with E-state index in [0.717, 1.165) is 12.1 Å². The van der Waals surface area contributed by atoms with Crippen LogP contribution in [0.15, 0.2) is 75.1 Å². The third kappa shape index (κ3) is 5.53. The number of benzene rings is 3. The molecule has 0 heterocycles. The van der Waals surface area contributed by atoms with Crippen LogP contribution in [0, 0.1) is 10.1 Å². The number of sulfonamides is 1. The molecule has 166 valence electrons. The number of methoxy groups -OCH3 is 1. The number of rotatable bonds is 8. The van der Waals surface area contributed by atoms with Crippen LogP contribution in [0.2, 0.25) is 0 Å². The molecule has 0 aromatic heterocycles. The van der Waals surface area contributed by atoms with Crippen LogP contribution < -0.4 is 14.9 Å². The van der Waals surface area contributed by atoms with E-state index < -0.39 is 20.6 Å². The number of halogens is 1. The van der Waals surface area contributed by atoms with Crippen LogP contribution in [0.1, 0.15) is 5.56 Å². The molecule has 0 atom stereocenters. The first-order valence-corrected chi connectivity index (χ1v) is 11.2. The number of nitrogens with zero attached hydrogens (tertiary/aromatic N) is 2. The Kier molecular flexibility index (Phi) is 6.95. The first kappa shape index (κ1) is 23.0. The summed E-state index contributed by atoms with van der Waals surface area (Å²) in [6.07, 6.45) is 1.29. The van der Waals surface area contributed by atoms with Gasteiger partial charge in [0.1, 0.15) is 16.4 Å². The number of aromatic hydroxyl groups is 1. The molecule has 0 radical (unpaired) electrons. The van der Waals surface area contributed by atoms with Crippen molar-refractivity contribution in [3.63, 3.8) is 0 Å². The summed E-state index contributed by atoms with van der Waals surface area (Å²) in [4.78, 5) is 10.1. The van der Waals surface area contributed by atoms with Crippen molar-refractivity contribution in [3.8, 4) is 11.5 Å². The van der Waals surface area contributed by atoms with Crippen LogP contribution in [0.4, 0.5) is 17.1 Å². The minimum atomic E-state index is -4.22. The van der Waals surface area contributed by atoms with Gasteiger partial charge in [0.15, 0.2) is 0 Å². The second kappa shape index (κ2) is 9.66. The van der Waals surface area contributed by atoms with Crippen molar-refractivity contribution in [2.75, 3.05) is 17.3 Å². The van der Waals surface area contributed by atoms with E-state index in [4.69, 9.17) is 4.74 Å². The van der Waals surface area contributed by atoms with Crippen molar-refractivity contribution < 1.29 is 23.2 Å². The lowest BCUT2D eigenvalue weighted by Gasteiger charge is -2.12. The molecule has 12 heteroatoms. The van der Waals surface area contributed by atoms with Crippen LogP contribution in [-0.4, -0.2) is 31.8 Å². The Balaban J connectivity index is 1.93. The van der Waals surface area contributed by atoms with Gasteiger partial charge in [0.05, 0.1) is 23.9 Å². The fraction of sp³-hybridized carbons (Fsp3) is 0.0500. The Morgan fingerprint density at radius 1 is 1.12 bits per heavy atom. The molecule has 0 bridgehead atoms. The first-order chi connectivity index (χ1) is 15.2. The molecule has 0 aliphatic rings. The van der Waals surface area contributed by atoms with Gasteiger partial charge in [-0.05, 0) is 48.5 Å². The molecule has 3 rings (SSSR count). The zero-order valence-electron chi connectivity index (χ0n) is 16.5. The second-order valence-corrected chi connectivity index (χ2v) is 8.91. The van der Waals surface area contributed by atoms with E-state index in [1.807, 2.05) is 0 Å². The van der Waals surface area contributed by atoms with Gasteiger partial charge in [0, 0.05) is 27.9 Å². The molecule has 0 spiro atoms. The van der Waals surface area contributed by atoms with Crippen LogP contribution in [-0.2, 0) is 10.0 Å². The molecule has 0 aliphatic carbocycles. The fourth-order valence-electron chi connectivity index (χ4n) is 2.61. The fourth-order valence-corrected chi connectivity index (χ4v) is 4.22. The van der Waals surface area contributed by atoms with E-state index >= 15 is 0 Å². The van der Waals surface area contributed by atoms with E-state index in [1.54, 1.807) is 24.3 Å². The Bertz CT molecular complexity index is 1280. The standard InChI is InChI=1S/C20H17BrN4O6S/c1-31-17-6-3-15(4-7-17)24-32(29,30)20-11-16(25(27)28)5-8-18(20)23-22-12-13-10-14(21)2-9-19(13)26/h2-12,23-24,26H,1H3/b22-12-. The number of hydrogen-bond acceptors (Lipinski definition) is 8. The molecular formula is C20H17BrN4O6S. The molecule has 3 aromatic rings. The SMILES string of the molecule is COc1ccc(NS(=O)(=O)c2cc([N+](=O)[O-])ccc2N/N=C\c2cc(Br)ccc2O)cc1. The summed E-state index contributed by atoms with van der Waals surface area (Å²) in [5.74, 6) is 0.507. The summed E-state index contributed by atoms with van der Waals surface area (Å²) in [7, 11) is -2.74. The first-order valence-electron chi connectivity index (χ1n) is 8.92. The molecule has 0 saturated carbocycles. The molecule has 0 aliphatic heterocycles. The van der Waals surface area contributed by atoms with E-state index in [2.05, 4.69) is 31.2 Å². The van der Waals surface area contributed by atoms with Crippen molar-refractivity contribution in [3.05, 3.63) is 80.8 Å². The van der Waals surface area contributed by atoms with E-state index in [1.165, 1.54) is 37.6 Å². The third-order valence-corrected chi connectivity index (χ3v) is 6.10. The molecule has 0 unspecified atom stereocenters. The number of phenols is 1. The lowest BCUT2D eigenvalue weighted by atomic mass is 10.2. The highest BCUT2D eigenvalue weighted by molar-refractivity contribution is 9.10. The minimum Gasteiger partial charge on any atom is -0.507 e. The summed E-state index contributed by atoms with van der Waals surface area (Å²) >= 11 is 3.28. The Morgan fingerprint density at radius 2 is 1.84 bits per heavy atom. The number of ether oxygens (including phenoxy) is 1. The molecular weight excluding hydrogens is 504 g/mol. The van der Waals surface area contributed by atoms with Crippen molar-refractivity contribution >= 4 is 49.2 Å². The van der Waals surface area contributed by atoms with Gasteiger partial charge in [-0.3, -0.25) is 20.3 Å². The minimum absolute atomic E-state index is 0.00217. The molecule has 10 nitrogen and oxygen atoms in total. The maximum atomic E-state index is 13.0. The Morgan fingerprint density at radius 3 is 2.50 bits per heavy atom. The van der Waals surface area contributed by atoms with Crippen LogP contribution in [0.25, 0.3) is 0 Å². The number of hydrogen-bond donors (Lipinski definition) is 3. The summed E-state index contributed by atoms with van der Waals surface area (Å²) in [6.45, 7) is 0. The van der Waals surface area contributed by atoms with Crippen LogP contribution in [0.5, 0.6) is 11.5 Å². The normalized spacial score (nSPS) is 11.3. The van der Waals surface area contributed by atoms with Gasteiger partial charge in [-0.25, -0.2) is 8.42 Å². The smallest absolute Gasteiger partial charge is 0.270 e. The quantitative estimate of drug-likeness (QED) is 0.228. The largest absolute Gasteiger partial charge is 0.507 e. The molecule has 0 fully saturated rings. The van der Waals surface area contributed by atoms with E-state index in [-0.39, 0.29) is 22.0 Å². The van der Waals surface area contributed by atoms with Gasteiger partial charge in [-0.2, -0.15) is 5.10 Å². The Labute approximate surface area is 191 Å². The van der Waals surface area contributed by atoms with Crippen molar-refractivity contribution in [1.82, 2.24) is 0 Å². The zero-order chi connectivity index (χ0) is 23.3. The number of non-ortho nitro benzene ring substituents is 1. The predicted octanol–water partition coefficient (Wildman–Crippen LogP) is 4.32. The van der Waals surface area contributed by atoms with E-state index in [9.17, 15) is 23.6 Å². The zero-order valence-corrected chi connectivity index (χ0v) is 18.9. The highest BCUT2D eigenvalue weighted by Gasteiger charge is 2.22. The number of nitro groups is 1. The van der Waals surface area contributed by atoms with Crippen LogP contribution in [0.3, 0.4) is 0 Å². The lowest BCUT2D eigenvalue weighted by Crippen LogP contribution is -2.15. The third-order valence-electron chi connectivity index (χ3n) is 4.19. The Hall–Kier alpha value is -3.64. The number of anilines is 2. The number of phenolic OH excluding ortho intramolecular Hbond substituents is 1. The molecule has 3 N–H and O–H groups in total. The average molecular weight is 521 g/mol. The maximum absolute atomic E-state index is 13.0. The molecule has 0 amide bonds. The summed E-state index contributed by atoms with van der Waals surface area (Å²) in [6, 6.07) is 14.2. The molecule has 32 heavy (non-hydrogen) atoms. The van der Waals surface area contributed by atoms with Crippen molar-refractivity contribution in [2.45, 2.75) is 4.90 Å². The topological polar surface area (TPSA) is 143 Å². The monoisotopic (exact) mass is 520 g/mol. The highest BCUT2D eigenvalue weighted by Crippen LogP contribution is 2.29.